The Bertz CT molecular complexity index is 888. The average molecular weight is 529 g/mol. The average Bonchev–Trinajstić information content (AvgIpc) is 3.48. The summed E-state index contributed by atoms with van der Waals surface area (Å²) in [5.74, 6) is 0. The normalized spacial score (nSPS) is 15.8. The second kappa shape index (κ2) is 16.2. The van der Waals surface area contributed by atoms with Crippen LogP contribution in [-0.4, -0.2) is 20.3 Å². The van der Waals surface area contributed by atoms with E-state index in [1.54, 1.807) is 0 Å². The fourth-order valence-corrected chi connectivity index (χ4v) is 6.78. The van der Waals surface area contributed by atoms with Crippen molar-refractivity contribution in [3.8, 4) is 0 Å². The summed E-state index contributed by atoms with van der Waals surface area (Å²) >= 11 is 3.74. The first-order valence-corrected chi connectivity index (χ1v) is 16.3. The number of hydrogen-bond donors (Lipinski definition) is 0. The van der Waals surface area contributed by atoms with Gasteiger partial charge in [0.2, 0.25) is 0 Å². The van der Waals surface area contributed by atoms with Gasteiger partial charge in [-0.1, -0.05) is 91.9 Å². The van der Waals surface area contributed by atoms with Gasteiger partial charge < -0.3 is 9.31 Å². The van der Waals surface area contributed by atoms with E-state index in [1.165, 1.54) is 109 Å². The van der Waals surface area contributed by atoms with Crippen molar-refractivity contribution in [2.45, 2.75) is 118 Å². The number of thiophene rings is 2. The molecule has 0 aromatic carbocycles. The smallest absolute Gasteiger partial charge is 0.406 e. The van der Waals surface area contributed by atoms with Crippen LogP contribution in [0.4, 0.5) is 0 Å². The minimum Gasteiger partial charge on any atom is -0.406 e. The third kappa shape index (κ3) is 10.1. The molecule has 0 atom stereocenters. The monoisotopic (exact) mass is 528 g/mol. The van der Waals surface area contributed by atoms with E-state index in [2.05, 4.69) is 57.4 Å². The van der Waals surface area contributed by atoms with Crippen LogP contribution in [-0.2, 0) is 22.2 Å². The Balaban J connectivity index is 1.63. The standard InChI is InChI=1S/C31H49BO2S2/c1-5-7-9-11-13-15-17-26-21-22-35-28(26)19-20-29-27(18-16-14-12-10-8-6-2)23-30(36-29)32-33-24-31(3,4)25-34-32/h19-23H,5-18,24-25H2,1-4H3/b20-19+. The van der Waals surface area contributed by atoms with E-state index < -0.39 is 0 Å². The molecule has 3 heterocycles. The summed E-state index contributed by atoms with van der Waals surface area (Å²) < 4.78 is 13.5. The second-order valence-corrected chi connectivity index (χ2v) is 13.4. The van der Waals surface area contributed by atoms with Gasteiger partial charge in [0.25, 0.3) is 0 Å². The Hall–Kier alpha value is -0.875. The summed E-state index contributed by atoms with van der Waals surface area (Å²) in [6.07, 6.45) is 23.2. The van der Waals surface area contributed by atoms with Crippen molar-refractivity contribution >= 4 is 46.7 Å². The van der Waals surface area contributed by atoms with Crippen molar-refractivity contribution in [1.82, 2.24) is 0 Å². The molecule has 0 aliphatic carbocycles. The number of rotatable bonds is 17. The van der Waals surface area contributed by atoms with E-state index >= 15 is 0 Å². The lowest BCUT2D eigenvalue weighted by atomic mass is 9.81. The molecule has 5 heteroatoms. The predicted molar refractivity (Wildman–Crippen MR) is 163 cm³/mol. The molecular formula is C31H49BO2S2. The van der Waals surface area contributed by atoms with Gasteiger partial charge in [-0.25, -0.2) is 0 Å². The fraction of sp³-hybridized carbons (Fsp3) is 0.677. The summed E-state index contributed by atoms with van der Waals surface area (Å²) in [6.45, 7) is 10.5. The van der Waals surface area contributed by atoms with Crippen LogP contribution in [0.5, 0.6) is 0 Å². The van der Waals surface area contributed by atoms with Crippen molar-refractivity contribution < 1.29 is 9.31 Å². The third-order valence-corrected chi connectivity index (χ3v) is 9.20. The highest BCUT2D eigenvalue weighted by atomic mass is 32.1. The lowest BCUT2D eigenvalue weighted by Crippen LogP contribution is -2.46. The highest BCUT2D eigenvalue weighted by Crippen LogP contribution is 2.28. The Morgan fingerprint density at radius 3 is 1.97 bits per heavy atom. The summed E-state index contributed by atoms with van der Waals surface area (Å²) in [4.78, 5) is 2.81. The van der Waals surface area contributed by atoms with Gasteiger partial charge in [-0.2, -0.15) is 0 Å². The Labute approximate surface area is 230 Å². The Morgan fingerprint density at radius 2 is 1.33 bits per heavy atom. The maximum absolute atomic E-state index is 6.13. The molecule has 2 nitrogen and oxygen atoms in total. The van der Waals surface area contributed by atoms with Gasteiger partial charge in [-0.15, -0.1) is 22.7 Å². The molecule has 1 aliphatic rings. The summed E-state index contributed by atoms with van der Waals surface area (Å²) in [5, 5.41) is 2.26. The first-order valence-electron chi connectivity index (χ1n) is 14.6. The number of aryl methyl sites for hydroxylation is 2. The predicted octanol–water partition coefficient (Wildman–Crippen LogP) is 9.55. The Morgan fingerprint density at radius 1 is 0.778 bits per heavy atom. The van der Waals surface area contributed by atoms with Crippen molar-refractivity contribution in [3.63, 3.8) is 0 Å². The van der Waals surface area contributed by atoms with E-state index in [0.29, 0.717) is 0 Å². The van der Waals surface area contributed by atoms with Crippen LogP contribution in [0.3, 0.4) is 0 Å². The van der Waals surface area contributed by atoms with E-state index in [9.17, 15) is 0 Å². The topological polar surface area (TPSA) is 18.5 Å². The lowest BCUT2D eigenvalue weighted by Gasteiger charge is -2.32. The van der Waals surface area contributed by atoms with Gasteiger partial charge in [-0.3, -0.25) is 0 Å². The highest BCUT2D eigenvalue weighted by Gasteiger charge is 2.34. The van der Waals surface area contributed by atoms with Crippen molar-refractivity contribution in [1.29, 1.82) is 0 Å². The molecule has 36 heavy (non-hydrogen) atoms. The molecule has 1 aliphatic heterocycles. The van der Waals surface area contributed by atoms with Crippen LogP contribution < -0.4 is 4.78 Å². The highest BCUT2D eigenvalue weighted by molar-refractivity contribution is 7.23. The van der Waals surface area contributed by atoms with Gasteiger partial charge in [-0.05, 0) is 66.5 Å². The summed E-state index contributed by atoms with van der Waals surface area (Å²) in [7, 11) is -0.210. The first-order chi connectivity index (χ1) is 17.5. The molecule has 0 amide bonds. The zero-order valence-corrected chi connectivity index (χ0v) is 25.0. The van der Waals surface area contributed by atoms with Crippen molar-refractivity contribution in [3.05, 3.63) is 38.4 Å². The third-order valence-electron chi connectivity index (χ3n) is 7.11. The van der Waals surface area contributed by atoms with Gasteiger partial charge in [0.1, 0.15) is 0 Å². The molecule has 0 radical (unpaired) electrons. The van der Waals surface area contributed by atoms with Crippen LogP contribution in [0.2, 0.25) is 0 Å². The summed E-state index contributed by atoms with van der Waals surface area (Å²) in [6, 6.07) is 4.70. The molecule has 1 saturated heterocycles. The molecule has 3 rings (SSSR count). The van der Waals surface area contributed by atoms with Crippen LogP contribution in [0.1, 0.15) is 126 Å². The van der Waals surface area contributed by atoms with Gasteiger partial charge >= 0.3 is 7.12 Å². The molecule has 0 bridgehead atoms. The molecule has 2 aromatic heterocycles. The SMILES string of the molecule is CCCCCCCCc1ccsc1/C=C/c1sc(B2OCC(C)(C)CO2)cc1CCCCCCCC. The molecule has 0 unspecified atom stereocenters. The number of hydrogen-bond acceptors (Lipinski definition) is 4. The van der Waals surface area contributed by atoms with Gasteiger partial charge in [0.05, 0.1) is 0 Å². The first kappa shape index (κ1) is 29.7. The van der Waals surface area contributed by atoms with E-state index in [-0.39, 0.29) is 12.5 Å². The molecule has 0 saturated carbocycles. The zero-order chi connectivity index (χ0) is 25.6. The van der Waals surface area contributed by atoms with Crippen LogP contribution >= 0.6 is 22.7 Å². The molecular weight excluding hydrogens is 479 g/mol. The minimum absolute atomic E-state index is 0.101. The fourth-order valence-electron chi connectivity index (χ4n) is 4.82. The van der Waals surface area contributed by atoms with Crippen LogP contribution in [0.25, 0.3) is 12.2 Å². The summed E-state index contributed by atoms with van der Waals surface area (Å²) in [5.41, 5.74) is 3.08. The van der Waals surface area contributed by atoms with Gasteiger partial charge in [0, 0.05) is 33.2 Å². The molecule has 0 spiro atoms. The van der Waals surface area contributed by atoms with Crippen LogP contribution in [0.15, 0.2) is 17.5 Å². The zero-order valence-electron chi connectivity index (χ0n) is 23.4. The molecule has 0 N–H and O–H groups in total. The second-order valence-electron chi connectivity index (χ2n) is 11.3. The lowest BCUT2D eigenvalue weighted by molar-refractivity contribution is 0.0346. The van der Waals surface area contributed by atoms with Crippen LogP contribution in [0, 0.1) is 5.41 Å². The van der Waals surface area contributed by atoms with Crippen molar-refractivity contribution in [2.24, 2.45) is 5.41 Å². The van der Waals surface area contributed by atoms with E-state index in [4.69, 9.17) is 9.31 Å². The Kier molecular flexibility index (Phi) is 13.3. The van der Waals surface area contributed by atoms with E-state index in [1.807, 2.05) is 22.7 Å². The maximum atomic E-state index is 6.13. The quantitative estimate of drug-likeness (QED) is 0.150. The minimum atomic E-state index is -0.210. The van der Waals surface area contributed by atoms with Gasteiger partial charge in [0.15, 0.2) is 0 Å². The molecule has 200 valence electrons. The molecule has 1 fully saturated rings. The largest absolute Gasteiger partial charge is 0.504 e. The maximum Gasteiger partial charge on any atom is 0.504 e. The number of unbranched alkanes of at least 4 members (excludes halogenated alkanes) is 10. The molecule has 2 aromatic rings. The van der Waals surface area contributed by atoms with E-state index in [0.717, 1.165) is 19.6 Å². The van der Waals surface area contributed by atoms with Crippen molar-refractivity contribution in [2.75, 3.05) is 13.2 Å².